The highest BCUT2D eigenvalue weighted by atomic mass is 16.6. The van der Waals surface area contributed by atoms with E-state index >= 15 is 0 Å². The van der Waals surface area contributed by atoms with E-state index in [1.165, 1.54) is 0 Å². The van der Waals surface area contributed by atoms with E-state index < -0.39 is 30.1 Å². The normalized spacial score (nSPS) is 34.8. The maximum absolute atomic E-state index is 11.5. The van der Waals surface area contributed by atoms with Gasteiger partial charge in [0.1, 0.15) is 25.2 Å². The Kier molecular flexibility index (Phi) is 2.40. The maximum Gasteiger partial charge on any atom is 0.415 e. The summed E-state index contributed by atoms with van der Waals surface area (Å²) in [6.45, 7) is 0.207. The molecule has 0 aromatic rings. The summed E-state index contributed by atoms with van der Waals surface area (Å²) in [5, 5.41) is 8.17. The molecule has 0 spiro atoms. The molecule has 0 aromatic carbocycles. The molecule has 96 valence electrons. The molecule has 3 heterocycles. The van der Waals surface area contributed by atoms with Crippen molar-refractivity contribution < 1.29 is 28.7 Å². The zero-order valence-electron chi connectivity index (χ0n) is 9.04. The van der Waals surface area contributed by atoms with Crippen molar-refractivity contribution >= 4 is 23.6 Å². The number of oxime groups is 1. The Morgan fingerprint density at radius 3 is 2.67 bits per heavy atom. The molecule has 3 aliphatic rings. The summed E-state index contributed by atoms with van der Waals surface area (Å²) in [5.41, 5.74) is 0.195. The lowest BCUT2D eigenvalue weighted by Gasteiger charge is -2.16. The molecule has 3 atom stereocenters. The third-order valence-corrected chi connectivity index (χ3v) is 2.89. The van der Waals surface area contributed by atoms with Crippen molar-refractivity contribution in [2.24, 2.45) is 11.1 Å². The highest BCUT2D eigenvalue weighted by molar-refractivity contribution is 6.16. The smallest absolute Gasteiger partial charge is 0.415 e. The summed E-state index contributed by atoms with van der Waals surface area (Å²) in [4.78, 5) is 38.8. The highest BCUT2D eigenvalue weighted by Gasteiger charge is 2.48. The molecule has 3 aliphatic heterocycles. The SMILES string of the molecule is O=C1NC(=O)C(C2=NOCC2C2OCNC2=O)O1. The fraction of sp³-hybridized carbons (Fsp3) is 0.556. The molecule has 0 saturated carbocycles. The minimum absolute atomic E-state index is 0.101. The van der Waals surface area contributed by atoms with Gasteiger partial charge < -0.3 is 19.6 Å². The van der Waals surface area contributed by atoms with Gasteiger partial charge in [-0.15, -0.1) is 0 Å². The number of alkyl carbamates (subject to hydrolysis) is 1. The van der Waals surface area contributed by atoms with Gasteiger partial charge in [-0.2, -0.15) is 0 Å². The first-order valence-electron chi connectivity index (χ1n) is 5.27. The van der Waals surface area contributed by atoms with Crippen molar-refractivity contribution in [2.45, 2.75) is 12.2 Å². The molecule has 2 N–H and O–H groups in total. The van der Waals surface area contributed by atoms with Gasteiger partial charge in [0.2, 0.25) is 6.10 Å². The van der Waals surface area contributed by atoms with Gasteiger partial charge in [0, 0.05) is 0 Å². The summed E-state index contributed by atoms with van der Waals surface area (Å²) >= 11 is 0. The Morgan fingerprint density at radius 2 is 2.06 bits per heavy atom. The van der Waals surface area contributed by atoms with Gasteiger partial charge in [0.25, 0.3) is 11.8 Å². The monoisotopic (exact) mass is 255 g/mol. The Morgan fingerprint density at radius 1 is 1.22 bits per heavy atom. The van der Waals surface area contributed by atoms with Crippen LogP contribution >= 0.6 is 0 Å². The number of amides is 3. The third-order valence-electron chi connectivity index (χ3n) is 2.89. The average Bonchev–Trinajstić information content (AvgIpc) is 2.98. The molecular weight excluding hydrogens is 246 g/mol. The quantitative estimate of drug-likeness (QED) is 0.595. The van der Waals surface area contributed by atoms with Gasteiger partial charge in [-0.25, -0.2) is 4.79 Å². The predicted octanol–water partition coefficient (Wildman–Crippen LogP) is -1.90. The van der Waals surface area contributed by atoms with Crippen molar-refractivity contribution in [1.29, 1.82) is 0 Å². The van der Waals surface area contributed by atoms with E-state index in [4.69, 9.17) is 14.3 Å². The second-order valence-electron chi connectivity index (χ2n) is 3.97. The van der Waals surface area contributed by atoms with Crippen LogP contribution in [0.15, 0.2) is 5.16 Å². The Labute approximate surface area is 100 Å². The number of rotatable bonds is 2. The number of nitrogens with one attached hydrogen (secondary N) is 2. The lowest BCUT2D eigenvalue weighted by atomic mass is 9.94. The van der Waals surface area contributed by atoms with Crippen LogP contribution in [0.25, 0.3) is 0 Å². The van der Waals surface area contributed by atoms with Crippen molar-refractivity contribution in [3.63, 3.8) is 0 Å². The van der Waals surface area contributed by atoms with Gasteiger partial charge in [-0.1, -0.05) is 5.16 Å². The summed E-state index contributed by atoms with van der Waals surface area (Å²) in [7, 11) is 0. The van der Waals surface area contributed by atoms with Gasteiger partial charge in [-0.05, 0) is 0 Å². The summed E-state index contributed by atoms with van der Waals surface area (Å²) in [6, 6.07) is 0. The van der Waals surface area contributed by atoms with E-state index in [2.05, 4.69) is 10.5 Å². The molecule has 3 rings (SSSR count). The third kappa shape index (κ3) is 1.59. The number of carbonyl (C=O) groups is 3. The molecule has 18 heavy (non-hydrogen) atoms. The van der Waals surface area contributed by atoms with E-state index in [0.717, 1.165) is 0 Å². The molecule has 9 nitrogen and oxygen atoms in total. The Hall–Kier alpha value is -2.16. The molecule has 0 bridgehead atoms. The van der Waals surface area contributed by atoms with Gasteiger partial charge in [-0.3, -0.25) is 14.9 Å². The molecule has 9 heteroatoms. The van der Waals surface area contributed by atoms with Crippen LogP contribution in [-0.2, 0) is 23.9 Å². The average molecular weight is 255 g/mol. The zero-order valence-corrected chi connectivity index (χ0v) is 9.04. The minimum atomic E-state index is -1.15. The number of hydrogen-bond donors (Lipinski definition) is 2. The van der Waals surface area contributed by atoms with Gasteiger partial charge in [0.15, 0.2) is 0 Å². The second kappa shape index (κ2) is 3.95. The molecule has 0 aliphatic carbocycles. The van der Waals surface area contributed by atoms with Crippen LogP contribution in [0, 0.1) is 5.92 Å². The number of cyclic esters (lactones) is 1. The van der Waals surface area contributed by atoms with Crippen LogP contribution in [0.3, 0.4) is 0 Å². The van der Waals surface area contributed by atoms with Crippen LogP contribution in [0.1, 0.15) is 0 Å². The van der Waals surface area contributed by atoms with Crippen LogP contribution in [0.5, 0.6) is 0 Å². The predicted molar refractivity (Wildman–Crippen MR) is 53.2 cm³/mol. The summed E-state index contributed by atoms with van der Waals surface area (Å²) < 4.78 is 9.99. The van der Waals surface area contributed by atoms with E-state index in [1.807, 2.05) is 5.32 Å². The van der Waals surface area contributed by atoms with E-state index in [0.29, 0.717) is 0 Å². The number of carbonyl (C=O) groups excluding carboxylic acids is 3. The summed E-state index contributed by atoms with van der Waals surface area (Å²) in [5.74, 6) is -1.45. The van der Waals surface area contributed by atoms with Crippen molar-refractivity contribution in [3.8, 4) is 0 Å². The molecule has 2 saturated heterocycles. The number of imide groups is 1. The van der Waals surface area contributed by atoms with Gasteiger partial charge >= 0.3 is 6.09 Å². The zero-order chi connectivity index (χ0) is 12.7. The first kappa shape index (κ1) is 11.0. The van der Waals surface area contributed by atoms with Crippen LogP contribution in [0.4, 0.5) is 4.79 Å². The second-order valence-corrected chi connectivity index (χ2v) is 3.97. The molecule has 2 fully saturated rings. The van der Waals surface area contributed by atoms with Crippen molar-refractivity contribution in [1.82, 2.24) is 10.6 Å². The van der Waals surface area contributed by atoms with Gasteiger partial charge in [0.05, 0.1) is 5.92 Å². The number of ether oxygens (including phenoxy) is 2. The largest absolute Gasteiger partial charge is 0.429 e. The number of nitrogens with zero attached hydrogens (tertiary/aromatic N) is 1. The van der Waals surface area contributed by atoms with Crippen LogP contribution in [-0.4, -0.2) is 49.2 Å². The number of hydrogen-bond acceptors (Lipinski definition) is 7. The summed E-state index contributed by atoms with van der Waals surface area (Å²) in [6.07, 6.45) is -2.77. The Bertz CT molecular complexity index is 461. The van der Waals surface area contributed by atoms with Crippen LogP contribution in [0.2, 0.25) is 0 Å². The van der Waals surface area contributed by atoms with Crippen LogP contribution < -0.4 is 10.6 Å². The lowest BCUT2D eigenvalue weighted by Crippen LogP contribution is -2.42. The fourth-order valence-corrected chi connectivity index (χ4v) is 2.06. The first-order valence-corrected chi connectivity index (χ1v) is 5.27. The Balaban J connectivity index is 1.81. The lowest BCUT2D eigenvalue weighted by molar-refractivity contribution is -0.125. The molecule has 3 unspecified atom stereocenters. The van der Waals surface area contributed by atoms with E-state index in [-0.39, 0.29) is 25.0 Å². The van der Waals surface area contributed by atoms with E-state index in [1.54, 1.807) is 0 Å². The highest BCUT2D eigenvalue weighted by Crippen LogP contribution is 2.24. The fourth-order valence-electron chi connectivity index (χ4n) is 2.06. The first-order chi connectivity index (χ1) is 8.66. The maximum atomic E-state index is 11.5. The standard InChI is InChI=1S/C9H9N3O6/c13-7-5(16-2-10-7)3-1-17-12-4(3)6-8(14)11-9(15)18-6/h3,5-6H,1-2H2,(H,10,13)(H,11,14,15). The minimum Gasteiger partial charge on any atom is -0.429 e. The van der Waals surface area contributed by atoms with Crippen molar-refractivity contribution in [3.05, 3.63) is 0 Å². The molecular formula is C9H9N3O6. The van der Waals surface area contributed by atoms with E-state index in [9.17, 15) is 14.4 Å². The topological polar surface area (TPSA) is 115 Å². The molecule has 0 radical (unpaired) electrons. The molecule has 0 aromatic heterocycles. The molecule has 3 amide bonds. The van der Waals surface area contributed by atoms with Crippen molar-refractivity contribution in [2.75, 3.05) is 13.3 Å².